The Labute approximate surface area is 131 Å². The summed E-state index contributed by atoms with van der Waals surface area (Å²) in [6.07, 6.45) is 2.65. The number of nitrogens with one attached hydrogen (secondary N) is 2. The Morgan fingerprint density at radius 2 is 2.23 bits per heavy atom. The number of nitrogens with two attached hydrogens (primary N) is 1. The number of hydrogen-bond acceptors (Lipinski definition) is 5. The molecule has 3 rings (SSSR count). The SMILES string of the molecule is NSNCc1ccc(-c2ccnc3c2CCC(=O)N3)cc1F. The first-order valence-electron chi connectivity index (χ1n) is 6.84. The van der Waals surface area contributed by atoms with E-state index in [1.165, 1.54) is 6.07 Å². The van der Waals surface area contributed by atoms with Crippen molar-refractivity contribution in [1.82, 2.24) is 9.71 Å². The number of amides is 1. The van der Waals surface area contributed by atoms with Crippen LogP contribution in [0.4, 0.5) is 10.2 Å². The van der Waals surface area contributed by atoms with Gasteiger partial charge in [0.15, 0.2) is 0 Å². The summed E-state index contributed by atoms with van der Waals surface area (Å²) in [6, 6.07) is 6.96. The Kier molecular flexibility index (Phi) is 4.37. The third-order valence-corrected chi connectivity index (χ3v) is 3.94. The van der Waals surface area contributed by atoms with Crippen LogP contribution < -0.4 is 15.2 Å². The highest BCUT2D eigenvalue weighted by atomic mass is 32.2. The maximum Gasteiger partial charge on any atom is 0.225 e. The number of carbonyl (C=O) groups excluding carboxylic acids is 1. The number of halogens is 1. The van der Waals surface area contributed by atoms with Gasteiger partial charge in [-0.05, 0) is 29.7 Å². The van der Waals surface area contributed by atoms with Gasteiger partial charge in [0.25, 0.3) is 0 Å². The van der Waals surface area contributed by atoms with Crippen LogP contribution >= 0.6 is 12.1 Å². The van der Waals surface area contributed by atoms with Gasteiger partial charge in [-0.1, -0.05) is 12.1 Å². The number of hydrogen-bond donors (Lipinski definition) is 3. The molecule has 0 fully saturated rings. The van der Waals surface area contributed by atoms with Gasteiger partial charge < -0.3 is 5.32 Å². The van der Waals surface area contributed by atoms with Crippen molar-refractivity contribution in [3.05, 3.63) is 47.4 Å². The van der Waals surface area contributed by atoms with Gasteiger partial charge in [-0.2, -0.15) is 0 Å². The molecule has 0 aliphatic carbocycles. The molecule has 0 saturated carbocycles. The van der Waals surface area contributed by atoms with Crippen molar-refractivity contribution in [2.75, 3.05) is 5.32 Å². The topological polar surface area (TPSA) is 80.0 Å². The summed E-state index contributed by atoms with van der Waals surface area (Å²) in [5.74, 6) is 0.243. The summed E-state index contributed by atoms with van der Waals surface area (Å²) in [4.78, 5) is 15.6. The molecule has 22 heavy (non-hydrogen) atoms. The summed E-state index contributed by atoms with van der Waals surface area (Å²) in [7, 11) is 0. The van der Waals surface area contributed by atoms with Crippen LogP contribution in [0.3, 0.4) is 0 Å². The molecule has 1 aromatic carbocycles. The second-order valence-electron chi connectivity index (χ2n) is 4.98. The molecule has 1 aromatic heterocycles. The summed E-state index contributed by atoms with van der Waals surface area (Å²) < 4.78 is 17.0. The Morgan fingerprint density at radius 3 is 3.00 bits per heavy atom. The van der Waals surface area contributed by atoms with Crippen LogP contribution in [0.2, 0.25) is 0 Å². The fourth-order valence-corrected chi connectivity index (χ4v) is 2.77. The van der Waals surface area contributed by atoms with Crippen LogP contribution in [-0.2, 0) is 17.8 Å². The lowest BCUT2D eigenvalue weighted by Gasteiger charge is -2.19. The van der Waals surface area contributed by atoms with E-state index in [4.69, 9.17) is 5.14 Å². The lowest BCUT2D eigenvalue weighted by atomic mass is 9.95. The van der Waals surface area contributed by atoms with Gasteiger partial charge in [-0.25, -0.2) is 14.1 Å². The van der Waals surface area contributed by atoms with Gasteiger partial charge in [-0.15, -0.1) is 0 Å². The molecule has 5 nitrogen and oxygen atoms in total. The van der Waals surface area contributed by atoms with E-state index in [2.05, 4.69) is 15.0 Å². The summed E-state index contributed by atoms with van der Waals surface area (Å²) in [6.45, 7) is 0.359. The van der Waals surface area contributed by atoms with Crippen molar-refractivity contribution in [2.24, 2.45) is 5.14 Å². The number of nitrogens with zero attached hydrogens (tertiary/aromatic N) is 1. The first-order chi connectivity index (χ1) is 10.7. The monoisotopic (exact) mass is 318 g/mol. The van der Waals surface area contributed by atoms with Crippen molar-refractivity contribution in [3.8, 4) is 11.1 Å². The molecule has 1 amide bonds. The highest BCUT2D eigenvalue weighted by Crippen LogP contribution is 2.32. The van der Waals surface area contributed by atoms with E-state index in [0.717, 1.165) is 28.8 Å². The van der Waals surface area contributed by atoms with Crippen molar-refractivity contribution in [1.29, 1.82) is 0 Å². The van der Waals surface area contributed by atoms with Crippen LogP contribution in [0.1, 0.15) is 17.5 Å². The number of aromatic nitrogens is 1. The lowest BCUT2D eigenvalue weighted by Crippen LogP contribution is -2.20. The maximum atomic E-state index is 14.2. The van der Waals surface area contributed by atoms with Gasteiger partial charge in [0.1, 0.15) is 11.6 Å². The molecule has 0 spiro atoms. The van der Waals surface area contributed by atoms with Crippen LogP contribution in [0.15, 0.2) is 30.5 Å². The fraction of sp³-hybridized carbons (Fsp3) is 0.200. The number of fused-ring (bicyclic) bond motifs is 1. The fourth-order valence-electron chi connectivity index (χ4n) is 2.53. The van der Waals surface area contributed by atoms with Gasteiger partial charge in [-0.3, -0.25) is 9.93 Å². The predicted molar refractivity (Wildman–Crippen MR) is 85.2 cm³/mol. The second-order valence-corrected chi connectivity index (χ2v) is 5.50. The Hall–Kier alpha value is -1.96. The van der Waals surface area contributed by atoms with E-state index >= 15 is 0 Å². The average Bonchev–Trinajstić information content (AvgIpc) is 2.53. The van der Waals surface area contributed by atoms with Gasteiger partial charge in [0.2, 0.25) is 5.91 Å². The maximum absolute atomic E-state index is 14.2. The van der Waals surface area contributed by atoms with Gasteiger partial charge in [0.05, 0.1) is 0 Å². The van der Waals surface area contributed by atoms with E-state index in [0.29, 0.717) is 30.8 Å². The van der Waals surface area contributed by atoms with Gasteiger partial charge >= 0.3 is 0 Å². The smallest absolute Gasteiger partial charge is 0.225 e. The standard InChI is InChI=1S/C15H15FN4OS/c16-13-7-9(1-2-10(13)8-19-22-17)11-5-6-18-15-12(11)3-4-14(21)20-15/h1-2,5-7,19H,3-4,8,17H2,(H,18,20,21). The quantitative estimate of drug-likeness (QED) is 0.754. The number of anilines is 1. The first-order valence-corrected chi connectivity index (χ1v) is 7.72. The third kappa shape index (κ3) is 2.96. The van der Waals surface area contributed by atoms with E-state index in [9.17, 15) is 9.18 Å². The zero-order valence-corrected chi connectivity index (χ0v) is 12.5. The number of carbonyl (C=O) groups is 1. The number of pyridine rings is 1. The summed E-state index contributed by atoms with van der Waals surface area (Å²) in [5.41, 5.74) is 3.18. The molecule has 2 heterocycles. The summed E-state index contributed by atoms with van der Waals surface area (Å²) in [5, 5.41) is 8.03. The van der Waals surface area contributed by atoms with Crippen molar-refractivity contribution in [3.63, 3.8) is 0 Å². The van der Waals surface area contributed by atoms with Gasteiger partial charge in [0, 0.05) is 42.4 Å². The Balaban J connectivity index is 1.96. The van der Waals surface area contributed by atoms with Crippen LogP contribution in [0, 0.1) is 5.82 Å². The molecule has 0 unspecified atom stereocenters. The number of benzene rings is 1. The Bertz CT molecular complexity index is 723. The molecule has 1 aliphatic heterocycles. The average molecular weight is 318 g/mol. The minimum absolute atomic E-state index is 0.0379. The van der Waals surface area contributed by atoms with E-state index in [1.807, 2.05) is 12.1 Å². The minimum Gasteiger partial charge on any atom is -0.310 e. The van der Waals surface area contributed by atoms with Crippen molar-refractivity contribution < 1.29 is 9.18 Å². The van der Waals surface area contributed by atoms with Crippen LogP contribution in [-0.4, -0.2) is 10.9 Å². The summed E-state index contributed by atoms with van der Waals surface area (Å²) >= 11 is 0.959. The van der Waals surface area contributed by atoms with Crippen molar-refractivity contribution in [2.45, 2.75) is 19.4 Å². The first kappa shape index (κ1) is 15.0. The molecule has 1 aliphatic rings. The molecule has 0 bridgehead atoms. The molecule has 4 N–H and O–H groups in total. The highest BCUT2D eigenvalue weighted by molar-refractivity contribution is 7.95. The molecule has 0 saturated heterocycles. The van der Waals surface area contributed by atoms with Crippen LogP contribution in [0.5, 0.6) is 0 Å². The molecule has 0 atom stereocenters. The minimum atomic E-state index is -0.288. The molecular formula is C15H15FN4OS. The molecule has 7 heteroatoms. The largest absolute Gasteiger partial charge is 0.310 e. The number of rotatable bonds is 4. The normalized spacial score (nSPS) is 13.6. The van der Waals surface area contributed by atoms with E-state index in [-0.39, 0.29) is 11.7 Å². The van der Waals surface area contributed by atoms with Crippen LogP contribution in [0.25, 0.3) is 11.1 Å². The van der Waals surface area contributed by atoms with E-state index in [1.54, 1.807) is 12.3 Å². The molecule has 114 valence electrons. The predicted octanol–water partition coefficient (Wildman–Crippen LogP) is 2.38. The lowest BCUT2D eigenvalue weighted by molar-refractivity contribution is -0.116. The Morgan fingerprint density at radius 1 is 1.36 bits per heavy atom. The second kappa shape index (κ2) is 6.43. The van der Waals surface area contributed by atoms with Crippen molar-refractivity contribution >= 4 is 23.9 Å². The zero-order valence-electron chi connectivity index (χ0n) is 11.7. The molecule has 2 aromatic rings. The molecular weight excluding hydrogens is 303 g/mol. The van der Waals surface area contributed by atoms with E-state index < -0.39 is 0 Å². The molecule has 0 radical (unpaired) electrons. The zero-order chi connectivity index (χ0) is 15.5. The third-order valence-electron chi connectivity index (χ3n) is 3.63. The highest BCUT2D eigenvalue weighted by Gasteiger charge is 2.19.